The fourth-order valence-corrected chi connectivity index (χ4v) is 4.47. The fourth-order valence-electron chi connectivity index (χ4n) is 4.47. The summed E-state index contributed by atoms with van der Waals surface area (Å²) >= 11 is 0. The third-order valence-electron chi connectivity index (χ3n) is 6.47. The molecule has 4 rings (SSSR count). The van der Waals surface area contributed by atoms with Crippen molar-refractivity contribution >= 4 is 28.3 Å². The minimum atomic E-state index is -4.53. The van der Waals surface area contributed by atoms with Crippen LogP contribution in [-0.4, -0.2) is 66.9 Å². The third kappa shape index (κ3) is 6.51. The number of nitrogens with one attached hydrogen (secondary N) is 1. The van der Waals surface area contributed by atoms with Gasteiger partial charge >= 0.3 is 6.18 Å². The molecule has 2 heterocycles. The summed E-state index contributed by atoms with van der Waals surface area (Å²) in [6, 6.07) is 6.09. The van der Waals surface area contributed by atoms with Gasteiger partial charge in [-0.3, -0.25) is 4.79 Å². The average molecular weight is 548 g/mol. The van der Waals surface area contributed by atoms with Gasteiger partial charge in [-0.1, -0.05) is 0 Å². The number of aryl methyl sites for hydroxylation is 1. The smallest absolute Gasteiger partial charge is 0.416 e. The first-order valence-corrected chi connectivity index (χ1v) is 12.5. The summed E-state index contributed by atoms with van der Waals surface area (Å²) in [4.78, 5) is 24.4. The number of carbonyl (C=O) groups is 1. The topological polar surface area (TPSA) is 112 Å². The van der Waals surface area contributed by atoms with Crippen molar-refractivity contribution in [1.82, 2.24) is 14.9 Å². The molecule has 3 N–H and O–H groups in total. The van der Waals surface area contributed by atoms with Gasteiger partial charge in [0.05, 0.1) is 48.5 Å². The third-order valence-corrected chi connectivity index (χ3v) is 6.47. The lowest BCUT2D eigenvalue weighted by molar-refractivity contribution is -0.137. The summed E-state index contributed by atoms with van der Waals surface area (Å²) in [6.45, 7) is 7.17. The molecule has 1 aliphatic heterocycles. The zero-order valence-electron chi connectivity index (χ0n) is 22.3. The van der Waals surface area contributed by atoms with Crippen molar-refractivity contribution in [3.63, 3.8) is 0 Å². The second-order valence-corrected chi connectivity index (χ2v) is 9.50. The van der Waals surface area contributed by atoms with E-state index in [1.807, 2.05) is 6.92 Å². The summed E-state index contributed by atoms with van der Waals surface area (Å²) in [5.41, 5.74) is 6.13. The number of morpholine rings is 1. The Kier molecular flexibility index (Phi) is 8.45. The van der Waals surface area contributed by atoms with Crippen LogP contribution in [0.15, 0.2) is 30.3 Å². The minimum Gasteiger partial charge on any atom is -0.490 e. The van der Waals surface area contributed by atoms with E-state index < -0.39 is 17.8 Å². The van der Waals surface area contributed by atoms with Crippen LogP contribution in [0.25, 0.3) is 10.9 Å². The molecule has 1 aliphatic rings. The number of aromatic nitrogens is 2. The second kappa shape index (κ2) is 11.6. The van der Waals surface area contributed by atoms with E-state index in [2.05, 4.69) is 15.3 Å². The van der Waals surface area contributed by atoms with Crippen LogP contribution in [0.2, 0.25) is 0 Å². The SMILES string of the molecule is COCCOc1cc2c(NC(C)c3cc(N)cc(C(F)(F)F)c3)nc(C)nc2cc1C(=O)N1CCOC[C@H]1C. The molecule has 2 aromatic carbocycles. The fraction of sp³-hybridized carbons (Fsp3) is 0.444. The summed E-state index contributed by atoms with van der Waals surface area (Å²) in [5.74, 6) is 0.927. The number of hydrogen-bond donors (Lipinski definition) is 2. The number of nitrogens with zero attached hydrogens (tertiary/aromatic N) is 3. The average Bonchev–Trinajstić information content (AvgIpc) is 2.87. The van der Waals surface area contributed by atoms with Gasteiger partial charge in [-0.05, 0) is 56.7 Å². The van der Waals surface area contributed by atoms with Crippen molar-refractivity contribution in [2.75, 3.05) is 51.1 Å². The number of hydrogen-bond acceptors (Lipinski definition) is 8. The quantitative estimate of drug-likeness (QED) is 0.311. The molecule has 1 unspecified atom stereocenters. The number of methoxy groups -OCH3 is 1. The van der Waals surface area contributed by atoms with Crippen molar-refractivity contribution in [2.45, 2.75) is 39.0 Å². The number of anilines is 2. The molecular weight excluding hydrogens is 515 g/mol. The summed E-state index contributed by atoms with van der Waals surface area (Å²) in [5, 5.41) is 3.74. The number of nitrogen functional groups attached to an aromatic ring is 1. The van der Waals surface area contributed by atoms with E-state index in [-0.39, 0.29) is 24.2 Å². The molecule has 0 saturated carbocycles. The highest BCUT2D eigenvalue weighted by atomic mass is 19.4. The van der Waals surface area contributed by atoms with Gasteiger partial charge in [0.1, 0.15) is 24.0 Å². The van der Waals surface area contributed by atoms with Gasteiger partial charge < -0.3 is 30.2 Å². The van der Waals surface area contributed by atoms with E-state index in [1.165, 1.54) is 6.07 Å². The summed E-state index contributed by atoms with van der Waals surface area (Å²) in [6.07, 6.45) is -4.53. The zero-order valence-corrected chi connectivity index (χ0v) is 22.3. The Bertz CT molecular complexity index is 1350. The maximum atomic E-state index is 13.6. The van der Waals surface area contributed by atoms with Crippen LogP contribution in [0.5, 0.6) is 5.75 Å². The lowest BCUT2D eigenvalue weighted by Gasteiger charge is -2.33. The predicted molar refractivity (Wildman–Crippen MR) is 141 cm³/mol. The van der Waals surface area contributed by atoms with Crippen LogP contribution in [-0.2, 0) is 15.7 Å². The molecule has 210 valence electrons. The minimum absolute atomic E-state index is 0.00604. The zero-order chi connectivity index (χ0) is 28.3. The normalized spacial score (nSPS) is 16.8. The van der Waals surface area contributed by atoms with Crippen molar-refractivity contribution in [1.29, 1.82) is 0 Å². The first-order chi connectivity index (χ1) is 18.5. The molecule has 12 heteroatoms. The number of carbonyl (C=O) groups excluding carboxylic acids is 1. The van der Waals surface area contributed by atoms with Crippen molar-refractivity contribution < 1.29 is 32.2 Å². The Morgan fingerprint density at radius 1 is 1.23 bits per heavy atom. The van der Waals surface area contributed by atoms with Crippen LogP contribution in [0.4, 0.5) is 24.7 Å². The molecule has 39 heavy (non-hydrogen) atoms. The Labute approximate surface area is 224 Å². The predicted octanol–water partition coefficient (Wildman–Crippen LogP) is 4.60. The first-order valence-electron chi connectivity index (χ1n) is 12.5. The molecule has 0 radical (unpaired) electrons. The Hall–Kier alpha value is -3.64. The van der Waals surface area contributed by atoms with Gasteiger partial charge in [-0.15, -0.1) is 0 Å². The van der Waals surface area contributed by atoms with Gasteiger partial charge in [0.15, 0.2) is 0 Å². The lowest BCUT2D eigenvalue weighted by atomic mass is 10.0. The summed E-state index contributed by atoms with van der Waals surface area (Å²) < 4.78 is 56.7. The number of halogens is 3. The van der Waals surface area contributed by atoms with Gasteiger partial charge in [-0.2, -0.15) is 13.2 Å². The molecule has 0 aliphatic carbocycles. The highest BCUT2D eigenvalue weighted by molar-refractivity contribution is 6.03. The molecule has 0 spiro atoms. The summed E-state index contributed by atoms with van der Waals surface area (Å²) in [7, 11) is 1.55. The standard InChI is InChI=1S/C27H32F3N5O4/c1-15-14-38-6-5-35(15)26(36)22-12-23-21(13-24(22)39-8-7-37-4)25(34-17(3)33-23)32-16(2)18-9-19(27(28,29)30)11-20(31)10-18/h9-13,15-16H,5-8,14,31H2,1-4H3,(H,32,33,34)/t15-,16?/m1/s1. The van der Waals surface area contributed by atoms with E-state index in [0.29, 0.717) is 65.8 Å². The second-order valence-electron chi connectivity index (χ2n) is 9.50. The number of nitrogens with two attached hydrogens (primary N) is 1. The Morgan fingerprint density at radius 3 is 2.69 bits per heavy atom. The molecule has 1 aromatic heterocycles. The van der Waals surface area contributed by atoms with Crippen LogP contribution in [0.3, 0.4) is 0 Å². The maximum absolute atomic E-state index is 13.6. The van der Waals surface area contributed by atoms with E-state index in [4.69, 9.17) is 19.9 Å². The number of benzene rings is 2. The number of fused-ring (bicyclic) bond motifs is 1. The van der Waals surface area contributed by atoms with Crippen LogP contribution < -0.4 is 15.8 Å². The van der Waals surface area contributed by atoms with Crippen molar-refractivity contribution in [2.24, 2.45) is 0 Å². The first kappa shape index (κ1) is 28.4. The number of amides is 1. The van der Waals surface area contributed by atoms with E-state index in [0.717, 1.165) is 12.1 Å². The molecule has 3 aromatic rings. The molecule has 1 fully saturated rings. The molecule has 1 saturated heterocycles. The molecule has 2 atom stereocenters. The molecule has 1 amide bonds. The number of ether oxygens (including phenoxy) is 3. The van der Waals surface area contributed by atoms with E-state index >= 15 is 0 Å². The number of rotatable bonds is 8. The van der Waals surface area contributed by atoms with E-state index in [9.17, 15) is 18.0 Å². The van der Waals surface area contributed by atoms with Gasteiger partial charge in [0, 0.05) is 24.7 Å². The Morgan fingerprint density at radius 2 is 2.00 bits per heavy atom. The van der Waals surface area contributed by atoms with Crippen LogP contribution in [0.1, 0.15) is 47.2 Å². The largest absolute Gasteiger partial charge is 0.490 e. The van der Waals surface area contributed by atoms with Gasteiger partial charge in [0.25, 0.3) is 5.91 Å². The maximum Gasteiger partial charge on any atom is 0.416 e. The van der Waals surface area contributed by atoms with Gasteiger partial charge in [-0.25, -0.2) is 9.97 Å². The monoisotopic (exact) mass is 547 g/mol. The van der Waals surface area contributed by atoms with E-state index in [1.54, 1.807) is 38.0 Å². The molecule has 9 nitrogen and oxygen atoms in total. The van der Waals surface area contributed by atoms with Crippen molar-refractivity contribution in [3.05, 3.63) is 52.8 Å². The molecular formula is C27H32F3N5O4. The lowest BCUT2D eigenvalue weighted by Crippen LogP contribution is -2.47. The van der Waals surface area contributed by atoms with Crippen LogP contribution in [0, 0.1) is 6.92 Å². The van der Waals surface area contributed by atoms with Crippen LogP contribution >= 0.6 is 0 Å². The van der Waals surface area contributed by atoms with Crippen molar-refractivity contribution in [3.8, 4) is 5.75 Å². The Balaban J connectivity index is 1.75. The number of alkyl halides is 3. The van der Waals surface area contributed by atoms with Gasteiger partial charge in [0.2, 0.25) is 0 Å². The molecule has 0 bridgehead atoms. The highest BCUT2D eigenvalue weighted by Gasteiger charge is 2.32. The highest BCUT2D eigenvalue weighted by Crippen LogP contribution is 2.35.